The van der Waals surface area contributed by atoms with Gasteiger partial charge in [0.2, 0.25) is 0 Å². The molecule has 0 spiro atoms. The van der Waals surface area contributed by atoms with E-state index in [4.69, 9.17) is 0 Å². The molecule has 3 heteroatoms. The Labute approximate surface area is 106 Å². The maximum absolute atomic E-state index is 10.8. The minimum Gasteiger partial charge on any atom is -0.545 e. The fourth-order valence-corrected chi connectivity index (χ4v) is 1.71. The lowest BCUT2D eigenvalue weighted by molar-refractivity contribution is -0.688. The van der Waals surface area contributed by atoms with Crippen molar-refractivity contribution in [2.45, 2.75) is 6.54 Å². The first-order chi connectivity index (χ1) is 8.69. The van der Waals surface area contributed by atoms with Gasteiger partial charge in [0.1, 0.15) is 0 Å². The maximum Gasteiger partial charge on any atom is 0.178 e. The average Bonchev–Trinajstić information content (AvgIpc) is 2.40. The number of nitrogens with zero attached hydrogens (tertiary/aromatic N) is 1. The second kappa shape index (κ2) is 5.27. The minimum absolute atomic E-state index is 0.181. The molecule has 0 bridgehead atoms. The number of benzene rings is 1. The third kappa shape index (κ3) is 2.83. The highest BCUT2D eigenvalue weighted by molar-refractivity contribution is 5.84. The fraction of sp³-hybridized carbons (Fsp3) is 0.0667. The van der Waals surface area contributed by atoms with Gasteiger partial charge in [-0.2, -0.15) is 0 Å². The van der Waals surface area contributed by atoms with E-state index in [1.165, 1.54) is 6.07 Å². The summed E-state index contributed by atoms with van der Waals surface area (Å²) in [4.78, 5) is 10.8. The van der Waals surface area contributed by atoms with Gasteiger partial charge in [-0.05, 0) is 11.6 Å². The van der Waals surface area contributed by atoms with Crippen LogP contribution in [0.3, 0.4) is 0 Å². The Hall–Kier alpha value is -2.42. The SMILES string of the molecule is C=Cc1ccc(C[n+]2cccc(C(=O)[O-])c2)cc1. The lowest BCUT2D eigenvalue weighted by Gasteiger charge is -2.02. The van der Waals surface area contributed by atoms with E-state index in [0.717, 1.165) is 11.1 Å². The molecule has 1 heterocycles. The number of carboxylic acids is 1. The number of carboxylic acid groups (broad SMARTS) is 1. The van der Waals surface area contributed by atoms with Gasteiger partial charge in [0, 0.05) is 11.6 Å². The molecule has 0 unspecified atom stereocenters. The summed E-state index contributed by atoms with van der Waals surface area (Å²) in [5.41, 5.74) is 2.34. The maximum atomic E-state index is 10.8. The predicted octanol–water partition coefficient (Wildman–Crippen LogP) is 1.03. The van der Waals surface area contributed by atoms with E-state index < -0.39 is 5.97 Å². The van der Waals surface area contributed by atoms with Gasteiger partial charge in [0.15, 0.2) is 18.9 Å². The zero-order chi connectivity index (χ0) is 13.0. The summed E-state index contributed by atoms with van der Waals surface area (Å²) >= 11 is 0. The van der Waals surface area contributed by atoms with Gasteiger partial charge in [-0.15, -0.1) is 0 Å². The van der Waals surface area contributed by atoms with Crippen molar-refractivity contribution in [1.82, 2.24) is 0 Å². The van der Waals surface area contributed by atoms with E-state index in [0.29, 0.717) is 6.54 Å². The third-order valence-corrected chi connectivity index (χ3v) is 2.67. The van der Waals surface area contributed by atoms with Crippen LogP contribution in [0.5, 0.6) is 0 Å². The van der Waals surface area contributed by atoms with Crippen LogP contribution in [0.1, 0.15) is 21.5 Å². The number of hydrogen-bond acceptors (Lipinski definition) is 2. The number of carbonyl (C=O) groups excluding carboxylic acids is 1. The molecule has 0 aliphatic carbocycles. The Bertz CT molecular complexity index is 573. The summed E-state index contributed by atoms with van der Waals surface area (Å²) in [5.74, 6) is -1.16. The molecular weight excluding hydrogens is 226 g/mol. The van der Waals surface area contributed by atoms with Crippen molar-refractivity contribution in [1.29, 1.82) is 0 Å². The summed E-state index contributed by atoms with van der Waals surface area (Å²) < 4.78 is 1.81. The Kier molecular flexibility index (Phi) is 3.53. The molecular formula is C15H13NO2. The quantitative estimate of drug-likeness (QED) is 0.748. The Balaban J connectivity index is 2.19. The average molecular weight is 239 g/mol. The number of carbonyl (C=O) groups is 1. The second-order valence-corrected chi connectivity index (χ2v) is 4.00. The molecule has 0 aliphatic rings. The molecule has 0 saturated heterocycles. The molecule has 0 atom stereocenters. The molecule has 0 aliphatic heterocycles. The normalized spacial score (nSPS) is 10.0. The summed E-state index contributed by atoms with van der Waals surface area (Å²) in [6.07, 6.45) is 5.18. The smallest absolute Gasteiger partial charge is 0.178 e. The van der Waals surface area contributed by atoms with E-state index in [1.54, 1.807) is 18.3 Å². The molecule has 0 radical (unpaired) electrons. The van der Waals surface area contributed by atoms with Gasteiger partial charge in [0.05, 0.1) is 11.5 Å². The van der Waals surface area contributed by atoms with Gasteiger partial charge in [-0.3, -0.25) is 0 Å². The topological polar surface area (TPSA) is 44.0 Å². The van der Waals surface area contributed by atoms with Crippen LogP contribution < -0.4 is 9.67 Å². The standard InChI is InChI=1S/C15H13NO2/c1-2-12-5-7-13(8-6-12)10-16-9-3-4-14(11-16)15(17)18/h2-9,11H,1,10H2. The largest absolute Gasteiger partial charge is 0.545 e. The lowest BCUT2D eigenvalue weighted by atomic mass is 10.1. The van der Waals surface area contributed by atoms with Crippen molar-refractivity contribution >= 4 is 12.0 Å². The second-order valence-electron chi connectivity index (χ2n) is 4.00. The van der Waals surface area contributed by atoms with Crippen molar-refractivity contribution in [3.05, 3.63) is 72.1 Å². The highest BCUT2D eigenvalue weighted by atomic mass is 16.4. The molecule has 0 fully saturated rings. The lowest BCUT2D eigenvalue weighted by Crippen LogP contribution is -2.36. The molecule has 2 rings (SSSR count). The third-order valence-electron chi connectivity index (χ3n) is 2.67. The van der Waals surface area contributed by atoms with Gasteiger partial charge in [0.25, 0.3) is 0 Å². The molecule has 90 valence electrons. The first kappa shape index (κ1) is 12.0. The molecule has 1 aromatic heterocycles. The molecule has 1 aromatic carbocycles. The van der Waals surface area contributed by atoms with E-state index in [2.05, 4.69) is 6.58 Å². The minimum atomic E-state index is -1.16. The summed E-state index contributed by atoms with van der Waals surface area (Å²) in [6, 6.07) is 11.2. The number of hydrogen-bond donors (Lipinski definition) is 0. The van der Waals surface area contributed by atoms with Crippen LogP contribution in [0.15, 0.2) is 55.4 Å². The molecule has 18 heavy (non-hydrogen) atoms. The van der Waals surface area contributed by atoms with Crippen molar-refractivity contribution in [2.24, 2.45) is 0 Å². The van der Waals surface area contributed by atoms with Crippen LogP contribution in [-0.4, -0.2) is 5.97 Å². The van der Waals surface area contributed by atoms with Crippen molar-refractivity contribution in [3.63, 3.8) is 0 Å². The molecule has 0 amide bonds. The zero-order valence-electron chi connectivity index (χ0n) is 9.87. The first-order valence-electron chi connectivity index (χ1n) is 5.61. The first-order valence-corrected chi connectivity index (χ1v) is 5.61. The van der Waals surface area contributed by atoms with Crippen molar-refractivity contribution in [3.8, 4) is 0 Å². The Morgan fingerprint density at radius 2 is 2.00 bits per heavy atom. The Morgan fingerprint density at radius 1 is 1.28 bits per heavy atom. The predicted molar refractivity (Wildman–Crippen MR) is 66.6 cm³/mol. The summed E-state index contributed by atoms with van der Waals surface area (Å²) in [6.45, 7) is 4.32. The molecule has 2 aromatic rings. The fourth-order valence-electron chi connectivity index (χ4n) is 1.71. The van der Waals surface area contributed by atoms with Gasteiger partial charge in [-0.25, -0.2) is 4.57 Å². The summed E-state index contributed by atoms with van der Waals surface area (Å²) in [5, 5.41) is 10.8. The van der Waals surface area contributed by atoms with Crippen molar-refractivity contribution < 1.29 is 14.5 Å². The monoisotopic (exact) mass is 239 g/mol. The molecule has 3 nitrogen and oxygen atoms in total. The van der Waals surface area contributed by atoms with E-state index in [1.807, 2.05) is 35.0 Å². The van der Waals surface area contributed by atoms with E-state index in [9.17, 15) is 9.90 Å². The van der Waals surface area contributed by atoms with Crippen LogP contribution in [0.25, 0.3) is 6.08 Å². The van der Waals surface area contributed by atoms with Crippen LogP contribution in [0.2, 0.25) is 0 Å². The van der Waals surface area contributed by atoms with Crippen LogP contribution >= 0.6 is 0 Å². The highest BCUT2D eigenvalue weighted by Crippen LogP contribution is 2.05. The Morgan fingerprint density at radius 3 is 2.61 bits per heavy atom. The van der Waals surface area contributed by atoms with Crippen molar-refractivity contribution in [2.75, 3.05) is 0 Å². The number of rotatable bonds is 4. The van der Waals surface area contributed by atoms with Crippen LogP contribution in [0, 0.1) is 0 Å². The molecule has 0 N–H and O–H groups in total. The van der Waals surface area contributed by atoms with E-state index in [-0.39, 0.29) is 5.56 Å². The highest BCUT2D eigenvalue weighted by Gasteiger charge is 2.04. The van der Waals surface area contributed by atoms with Gasteiger partial charge < -0.3 is 9.90 Å². The van der Waals surface area contributed by atoms with E-state index >= 15 is 0 Å². The number of aromatic nitrogens is 1. The van der Waals surface area contributed by atoms with Gasteiger partial charge >= 0.3 is 0 Å². The zero-order valence-corrected chi connectivity index (χ0v) is 9.87. The summed E-state index contributed by atoms with van der Waals surface area (Å²) in [7, 11) is 0. The van der Waals surface area contributed by atoms with Crippen LogP contribution in [0.4, 0.5) is 0 Å². The molecule has 0 saturated carbocycles. The van der Waals surface area contributed by atoms with Crippen LogP contribution in [-0.2, 0) is 6.54 Å². The number of pyridine rings is 1. The number of aromatic carboxylic acids is 1. The van der Waals surface area contributed by atoms with Gasteiger partial charge in [-0.1, -0.05) is 36.9 Å².